The minimum Gasteiger partial charge on any atom is -0.484 e. The van der Waals surface area contributed by atoms with E-state index in [1.54, 1.807) is 18.2 Å². The van der Waals surface area contributed by atoms with Gasteiger partial charge in [0.2, 0.25) is 0 Å². The van der Waals surface area contributed by atoms with Crippen molar-refractivity contribution < 1.29 is 9.53 Å². The monoisotopic (exact) mass is 270 g/mol. The Kier molecular flexibility index (Phi) is 5.95. The Hall–Kier alpha value is -1.26. The number of nitrogens with two attached hydrogens (primary N) is 1. The molecule has 18 heavy (non-hydrogen) atoms. The molecule has 0 fully saturated rings. The Labute approximate surface area is 112 Å². The van der Waals surface area contributed by atoms with Crippen LogP contribution in [0.15, 0.2) is 18.2 Å². The average Bonchev–Trinajstić information content (AvgIpc) is 2.34. The minimum atomic E-state index is -0.136. The summed E-state index contributed by atoms with van der Waals surface area (Å²) in [6.07, 6.45) is 0. The topological polar surface area (TPSA) is 64.3 Å². The second-order valence-corrected chi connectivity index (χ2v) is 4.85. The van der Waals surface area contributed by atoms with E-state index >= 15 is 0 Å². The molecule has 0 unspecified atom stereocenters. The third-order valence-corrected chi connectivity index (χ3v) is 2.67. The second kappa shape index (κ2) is 7.24. The highest BCUT2D eigenvalue weighted by Gasteiger charge is 2.05. The largest absolute Gasteiger partial charge is 0.484 e. The van der Waals surface area contributed by atoms with Crippen LogP contribution in [-0.2, 0) is 11.3 Å². The van der Waals surface area contributed by atoms with Crippen molar-refractivity contribution in [3.63, 3.8) is 0 Å². The van der Waals surface area contributed by atoms with Gasteiger partial charge in [-0.3, -0.25) is 4.79 Å². The van der Waals surface area contributed by atoms with Crippen LogP contribution in [0.2, 0.25) is 5.02 Å². The maximum absolute atomic E-state index is 11.4. The normalized spacial score (nSPS) is 10.5. The van der Waals surface area contributed by atoms with Crippen LogP contribution in [0.1, 0.15) is 19.4 Å². The first kappa shape index (κ1) is 14.8. The fraction of sp³-hybridized carbons (Fsp3) is 0.462. The van der Waals surface area contributed by atoms with E-state index in [9.17, 15) is 4.79 Å². The van der Waals surface area contributed by atoms with E-state index in [4.69, 9.17) is 22.1 Å². The van der Waals surface area contributed by atoms with Crippen LogP contribution in [0.25, 0.3) is 0 Å². The predicted octanol–water partition coefficient (Wildman–Crippen LogP) is 1.95. The van der Waals surface area contributed by atoms with Crippen LogP contribution < -0.4 is 15.8 Å². The standard InChI is InChI=1S/C13H19ClN2O2/c1-9(2)7-16-13(17)8-18-11-4-3-10(6-15)12(14)5-11/h3-5,9H,6-8,15H2,1-2H3,(H,16,17). The fourth-order valence-electron chi connectivity index (χ4n) is 1.30. The van der Waals surface area contributed by atoms with Gasteiger partial charge in [-0.1, -0.05) is 31.5 Å². The number of hydrogen-bond acceptors (Lipinski definition) is 3. The van der Waals surface area contributed by atoms with Gasteiger partial charge in [0.05, 0.1) is 0 Å². The molecule has 0 aliphatic rings. The molecule has 1 aromatic carbocycles. The van der Waals surface area contributed by atoms with Crippen LogP contribution in [0, 0.1) is 5.92 Å². The Bertz CT molecular complexity index is 408. The Balaban J connectivity index is 2.43. The predicted molar refractivity (Wildman–Crippen MR) is 72.7 cm³/mol. The van der Waals surface area contributed by atoms with Crippen molar-refractivity contribution in [2.45, 2.75) is 20.4 Å². The molecule has 3 N–H and O–H groups in total. The van der Waals surface area contributed by atoms with Crippen molar-refractivity contribution in [3.8, 4) is 5.75 Å². The zero-order valence-electron chi connectivity index (χ0n) is 10.7. The number of nitrogens with one attached hydrogen (secondary N) is 1. The lowest BCUT2D eigenvalue weighted by Crippen LogP contribution is -2.31. The molecule has 1 aromatic rings. The first-order valence-corrected chi connectivity index (χ1v) is 6.28. The first-order valence-electron chi connectivity index (χ1n) is 5.91. The summed E-state index contributed by atoms with van der Waals surface area (Å²) in [5.41, 5.74) is 6.36. The van der Waals surface area contributed by atoms with Crippen LogP contribution in [0.5, 0.6) is 5.75 Å². The highest BCUT2D eigenvalue weighted by molar-refractivity contribution is 6.31. The van der Waals surface area contributed by atoms with Crippen molar-refractivity contribution in [2.75, 3.05) is 13.2 Å². The number of ether oxygens (including phenoxy) is 1. The third kappa shape index (κ3) is 4.94. The lowest BCUT2D eigenvalue weighted by molar-refractivity contribution is -0.123. The molecular weight excluding hydrogens is 252 g/mol. The summed E-state index contributed by atoms with van der Waals surface area (Å²) in [6, 6.07) is 5.22. The van der Waals surface area contributed by atoms with E-state index in [-0.39, 0.29) is 12.5 Å². The summed E-state index contributed by atoms with van der Waals surface area (Å²) in [5.74, 6) is 0.854. The van der Waals surface area contributed by atoms with Gasteiger partial charge in [-0.2, -0.15) is 0 Å². The molecule has 4 nitrogen and oxygen atoms in total. The zero-order valence-corrected chi connectivity index (χ0v) is 11.5. The van der Waals surface area contributed by atoms with Crippen LogP contribution >= 0.6 is 11.6 Å². The molecule has 5 heteroatoms. The first-order chi connectivity index (χ1) is 8.52. The SMILES string of the molecule is CC(C)CNC(=O)COc1ccc(CN)c(Cl)c1. The van der Waals surface area contributed by atoms with E-state index in [2.05, 4.69) is 5.32 Å². The van der Waals surface area contributed by atoms with E-state index in [0.29, 0.717) is 29.8 Å². The van der Waals surface area contributed by atoms with E-state index < -0.39 is 0 Å². The summed E-state index contributed by atoms with van der Waals surface area (Å²) in [4.78, 5) is 11.4. The van der Waals surface area contributed by atoms with Gasteiger partial charge in [-0.05, 0) is 23.6 Å². The number of carbonyl (C=O) groups excluding carboxylic acids is 1. The Morgan fingerprint density at radius 1 is 1.50 bits per heavy atom. The van der Waals surface area contributed by atoms with Gasteiger partial charge >= 0.3 is 0 Å². The smallest absolute Gasteiger partial charge is 0.257 e. The molecule has 0 atom stereocenters. The molecule has 0 aliphatic heterocycles. The van der Waals surface area contributed by atoms with Gasteiger partial charge < -0.3 is 15.8 Å². The van der Waals surface area contributed by atoms with Gasteiger partial charge in [0, 0.05) is 18.1 Å². The number of carbonyl (C=O) groups is 1. The van der Waals surface area contributed by atoms with Gasteiger partial charge in [0.1, 0.15) is 5.75 Å². The quantitative estimate of drug-likeness (QED) is 0.830. The highest BCUT2D eigenvalue weighted by Crippen LogP contribution is 2.22. The summed E-state index contributed by atoms with van der Waals surface area (Å²) < 4.78 is 5.34. The van der Waals surface area contributed by atoms with Gasteiger partial charge in [-0.25, -0.2) is 0 Å². The molecule has 0 heterocycles. The zero-order chi connectivity index (χ0) is 13.5. The maximum Gasteiger partial charge on any atom is 0.257 e. The van der Waals surface area contributed by atoms with E-state index in [0.717, 1.165) is 5.56 Å². The summed E-state index contributed by atoms with van der Waals surface area (Å²) in [5, 5.41) is 3.33. The van der Waals surface area contributed by atoms with Crippen molar-refractivity contribution in [2.24, 2.45) is 11.7 Å². The average molecular weight is 271 g/mol. The molecule has 0 saturated heterocycles. The molecule has 0 spiro atoms. The van der Waals surface area contributed by atoms with E-state index in [1.807, 2.05) is 13.8 Å². The minimum absolute atomic E-state index is 0.00891. The van der Waals surface area contributed by atoms with Crippen LogP contribution in [0.3, 0.4) is 0 Å². The number of hydrogen-bond donors (Lipinski definition) is 2. The molecule has 0 radical (unpaired) electrons. The summed E-state index contributed by atoms with van der Waals surface area (Å²) in [7, 11) is 0. The molecule has 0 saturated carbocycles. The number of amides is 1. The Morgan fingerprint density at radius 3 is 2.78 bits per heavy atom. The number of halogens is 1. The molecule has 1 rings (SSSR count). The lowest BCUT2D eigenvalue weighted by atomic mass is 10.2. The van der Waals surface area contributed by atoms with Crippen molar-refractivity contribution >= 4 is 17.5 Å². The van der Waals surface area contributed by atoms with Crippen LogP contribution in [-0.4, -0.2) is 19.1 Å². The van der Waals surface area contributed by atoms with E-state index in [1.165, 1.54) is 0 Å². The molecule has 1 amide bonds. The van der Waals surface area contributed by atoms with Gasteiger partial charge in [0.15, 0.2) is 6.61 Å². The van der Waals surface area contributed by atoms with Crippen molar-refractivity contribution in [1.82, 2.24) is 5.32 Å². The number of benzene rings is 1. The third-order valence-electron chi connectivity index (χ3n) is 2.32. The molecule has 100 valence electrons. The summed E-state index contributed by atoms with van der Waals surface area (Å²) in [6.45, 7) is 5.09. The summed E-state index contributed by atoms with van der Waals surface area (Å²) >= 11 is 5.99. The van der Waals surface area contributed by atoms with Crippen molar-refractivity contribution in [1.29, 1.82) is 0 Å². The molecule has 0 aliphatic carbocycles. The Morgan fingerprint density at radius 2 is 2.22 bits per heavy atom. The van der Waals surface area contributed by atoms with Crippen molar-refractivity contribution in [3.05, 3.63) is 28.8 Å². The fourth-order valence-corrected chi connectivity index (χ4v) is 1.55. The van der Waals surface area contributed by atoms with Crippen LogP contribution in [0.4, 0.5) is 0 Å². The maximum atomic E-state index is 11.4. The highest BCUT2D eigenvalue weighted by atomic mass is 35.5. The van der Waals surface area contributed by atoms with Gasteiger partial charge in [-0.15, -0.1) is 0 Å². The van der Waals surface area contributed by atoms with Gasteiger partial charge in [0.25, 0.3) is 5.91 Å². The second-order valence-electron chi connectivity index (χ2n) is 4.44. The molecule has 0 aromatic heterocycles. The molecular formula is C13H19ClN2O2. The number of rotatable bonds is 6. The lowest BCUT2D eigenvalue weighted by Gasteiger charge is -2.10. The molecule has 0 bridgehead atoms.